The van der Waals surface area contributed by atoms with Crippen LogP contribution in [0.15, 0.2) is 97.3 Å². The van der Waals surface area contributed by atoms with Crippen LogP contribution in [0.1, 0.15) is 5.56 Å². The summed E-state index contributed by atoms with van der Waals surface area (Å²) >= 11 is 0. The fraction of sp³-hybridized carbons (Fsp3) is 0.0417. The van der Waals surface area contributed by atoms with E-state index in [-0.39, 0.29) is 0 Å². The molecular weight excluding hydrogens is 372 g/mol. The van der Waals surface area contributed by atoms with Crippen LogP contribution in [-0.2, 0) is 6.54 Å². The van der Waals surface area contributed by atoms with Gasteiger partial charge in [-0.05, 0) is 24.3 Å². The normalized spacial score (nSPS) is 10.9. The molecule has 0 radical (unpaired) electrons. The van der Waals surface area contributed by atoms with Crippen molar-refractivity contribution in [1.82, 2.24) is 24.8 Å². The van der Waals surface area contributed by atoms with Gasteiger partial charge in [0, 0.05) is 28.6 Å². The van der Waals surface area contributed by atoms with Crippen molar-refractivity contribution in [2.45, 2.75) is 6.54 Å². The maximum atomic E-state index is 5.78. The number of rotatable bonds is 5. The van der Waals surface area contributed by atoms with E-state index in [4.69, 9.17) is 10.8 Å². The molecule has 2 N–H and O–H groups in total. The minimum absolute atomic E-state index is 0.568. The smallest absolute Gasteiger partial charge is 0.113 e. The van der Waals surface area contributed by atoms with Gasteiger partial charge in [0.15, 0.2) is 0 Å². The molecule has 2 aromatic heterocycles. The molecule has 5 aromatic rings. The highest BCUT2D eigenvalue weighted by molar-refractivity contribution is 5.64. The summed E-state index contributed by atoms with van der Waals surface area (Å²) in [6.45, 7) is 0.568. The number of nitrogens with two attached hydrogens (primary N) is 1. The lowest BCUT2D eigenvalue weighted by molar-refractivity contribution is 0.650. The van der Waals surface area contributed by atoms with Crippen molar-refractivity contribution in [3.8, 4) is 28.2 Å². The minimum atomic E-state index is 0.568. The third-order valence-electron chi connectivity index (χ3n) is 4.94. The zero-order valence-corrected chi connectivity index (χ0v) is 16.3. The van der Waals surface area contributed by atoms with E-state index >= 15 is 0 Å². The third kappa shape index (κ3) is 3.58. The Morgan fingerprint density at radius 3 is 2.17 bits per heavy atom. The van der Waals surface area contributed by atoms with E-state index in [0.717, 1.165) is 39.5 Å². The van der Waals surface area contributed by atoms with Crippen molar-refractivity contribution in [2.75, 3.05) is 5.73 Å². The van der Waals surface area contributed by atoms with E-state index in [1.165, 1.54) is 0 Å². The van der Waals surface area contributed by atoms with E-state index in [1.807, 2.05) is 88.4 Å². The van der Waals surface area contributed by atoms with E-state index in [1.54, 1.807) is 0 Å². The highest BCUT2D eigenvalue weighted by atomic mass is 15.4. The van der Waals surface area contributed by atoms with Gasteiger partial charge in [-0.3, -0.25) is 0 Å². The van der Waals surface area contributed by atoms with Crippen LogP contribution in [0, 0.1) is 0 Å². The highest BCUT2D eigenvalue weighted by Gasteiger charge is 2.14. The first-order valence-electron chi connectivity index (χ1n) is 9.72. The molecule has 0 saturated carbocycles. The highest BCUT2D eigenvalue weighted by Crippen LogP contribution is 2.25. The topological polar surface area (TPSA) is 74.5 Å². The molecule has 0 unspecified atom stereocenters. The molecule has 0 amide bonds. The summed E-state index contributed by atoms with van der Waals surface area (Å²) in [7, 11) is 0. The molecule has 5 rings (SSSR count). The Balaban J connectivity index is 1.51. The van der Waals surface area contributed by atoms with Crippen LogP contribution in [0.25, 0.3) is 28.2 Å². The Labute approximate surface area is 174 Å². The molecule has 6 nitrogen and oxygen atoms in total. The molecule has 30 heavy (non-hydrogen) atoms. The van der Waals surface area contributed by atoms with Gasteiger partial charge in [-0.25, -0.2) is 9.36 Å². The Kier molecular flexibility index (Phi) is 4.57. The molecule has 3 aromatic carbocycles. The van der Waals surface area contributed by atoms with Crippen LogP contribution < -0.4 is 5.73 Å². The summed E-state index contributed by atoms with van der Waals surface area (Å²) in [5.41, 5.74) is 12.4. The maximum Gasteiger partial charge on any atom is 0.113 e. The number of hydrogen-bond donors (Lipinski definition) is 1. The predicted molar refractivity (Wildman–Crippen MR) is 118 cm³/mol. The second-order valence-corrected chi connectivity index (χ2v) is 7.07. The summed E-state index contributed by atoms with van der Waals surface area (Å²) in [6, 6.07) is 27.9. The first-order valence-corrected chi connectivity index (χ1v) is 9.72. The van der Waals surface area contributed by atoms with Crippen molar-refractivity contribution < 1.29 is 0 Å². The predicted octanol–water partition coefficient (Wildman–Crippen LogP) is 4.43. The number of aromatic nitrogens is 5. The van der Waals surface area contributed by atoms with Gasteiger partial charge in [-0.2, -0.15) is 5.10 Å². The second kappa shape index (κ2) is 7.67. The average Bonchev–Trinajstić information content (AvgIpc) is 3.43. The van der Waals surface area contributed by atoms with Crippen molar-refractivity contribution in [3.63, 3.8) is 0 Å². The molecule has 146 valence electrons. The number of benzene rings is 3. The van der Waals surface area contributed by atoms with E-state index < -0.39 is 0 Å². The lowest BCUT2D eigenvalue weighted by atomic mass is 10.1. The molecule has 0 bridgehead atoms. The SMILES string of the molecule is Nc1ccc(-c2cn(Cc3cn(-c4ccccc4)nc3-c3ccccc3)nn2)cc1. The van der Waals surface area contributed by atoms with Gasteiger partial charge < -0.3 is 5.73 Å². The Hall–Kier alpha value is -4.19. The monoisotopic (exact) mass is 392 g/mol. The summed E-state index contributed by atoms with van der Waals surface area (Å²) in [5.74, 6) is 0. The van der Waals surface area contributed by atoms with Gasteiger partial charge in [-0.1, -0.05) is 65.9 Å². The summed E-state index contributed by atoms with van der Waals surface area (Å²) < 4.78 is 3.75. The lowest BCUT2D eigenvalue weighted by Gasteiger charge is -2.02. The molecular formula is C24H20N6. The van der Waals surface area contributed by atoms with Crippen LogP contribution in [0.5, 0.6) is 0 Å². The minimum Gasteiger partial charge on any atom is -0.399 e. The largest absolute Gasteiger partial charge is 0.399 e. The van der Waals surface area contributed by atoms with E-state index in [9.17, 15) is 0 Å². The van der Waals surface area contributed by atoms with Crippen LogP contribution >= 0.6 is 0 Å². The molecule has 0 fully saturated rings. The van der Waals surface area contributed by atoms with Gasteiger partial charge in [0.25, 0.3) is 0 Å². The van der Waals surface area contributed by atoms with Crippen molar-refractivity contribution in [2.24, 2.45) is 0 Å². The summed E-state index contributed by atoms with van der Waals surface area (Å²) in [5, 5.41) is 13.5. The Bertz CT molecular complexity index is 1250. The molecule has 0 saturated heterocycles. The standard InChI is InChI=1S/C24H20N6/c25-21-13-11-18(12-14-21)23-17-29(28-26-23)15-20-16-30(22-9-5-2-6-10-22)27-24(20)19-7-3-1-4-8-19/h1-14,16-17H,15,25H2. The van der Waals surface area contributed by atoms with Gasteiger partial charge >= 0.3 is 0 Å². The maximum absolute atomic E-state index is 5.78. The van der Waals surface area contributed by atoms with Gasteiger partial charge in [0.1, 0.15) is 5.69 Å². The molecule has 2 heterocycles. The lowest BCUT2D eigenvalue weighted by Crippen LogP contribution is -2.01. The van der Waals surface area contributed by atoms with Crippen LogP contribution in [0.4, 0.5) is 5.69 Å². The number of anilines is 1. The zero-order chi connectivity index (χ0) is 20.3. The van der Waals surface area contributed by atoms with Crippen LogP contribution in [0.2, 0.25) is 0 Å². The second-order valence-electron chi connectivity index (χ2n) is 7.07. The van der Waals surface area contributed by atoms with Crippen molar-refractivity contribution in [1.29, 1.82) is 0 Å². The molecule has 0 aliphatic heterocycles. The van der Waals surface area contributed by atoms with Crippen LogP contribution in [-0.4, -0.2) is 24.8 Å². The fourth-order valence-corrected chi connectivity index (χ4v) is 3.41. The Morgan fingerprint density at radius 2 is 1.43 bits per heavy atom. The van der Waals surface area contributed by atoms with E-state index in [2.05, 4.69) is 28.6 Å². The number of nitrogen functional groups attached to an aromatic ring is 1. The Morgan fingerprint density at radius 1 is 0.733 bits per heavy atom. The molecule has 0 atom stereocenters. The molecule has 0 aliphatic carbocycles. The number of nitrogens with zero attached hydrogens (tertiary/aromatic N) is 5. The third-order valence-corrected chi connectivity index (χ3v) is 4.94. The van der Waals surface area contributed by atoms with Crippen molar-refractivity contribution >= 4 is 5.69 Å². The quantitative estimate of drug-likeness (QED) is 0.449. The number of hydrogen-bond acceptors (Lipinski definition) is 4. The van der Waals surface area contributed by atoms with Gasteiger partial charge in [-0.15, -0.1) is 5.10 Å². The summed E-state index contributed by atoms with van der Waals surface area (Å²) in [4.78, 5) is 0. The molecule has 0 spiro atoms. The first-order chi connectivity index (χ1) is 14.8. The van der Waals surface area contributed by atoms with Gasteiger partial charge in [0.05, 0.1) is 24.1 Å². The zero-order valence-electron chi connectivity index (χ0n) is 16.3. The van der Waals surface area contributed by atoms with E-state index in [0.29, 0.717) is 6.54 Å². The van der Waals surface area contributed by atoms with Crippen molar-refractivity contribution in [3.05, 3.63) is 103 Å². The summed E-state index contributed by atoms with van der Waals surface area (Å²) in [6.07, 6.45) is 4.00. The fourth-order valence-electron chi connectivity index (χ4n) is 3.41. The first kappa shape index (κ1) is 17.9. The molecule has 0 aliphatic rings. The number of para-hydroxylation sites is 1. The van der Waals surface area contributed by atoms with Crippen LogP contribution in [0.3, 0.4) is 0 Å². The molecule has 6 heteroatoms. The average molecular weight is 392 g/mol. The van der Waals surface area contributed by atoms with Gasteiger partial charge in [0.2, 0.25) is 0 Å².